The van der Waals surface area contributed by atoms with Gasteiger partial charge in [0, 0.05) is 28.3 Å². The fraction of sp³-hybridized carbons (Fsp3) is 0.242. The Morgan fingerprint density at radius 2 is 1.51 bits per heavy atom. The number of ether oxygens (including phenoxy) is 3. The van der Waals surface area contributed by atoms with Crippen molar-refractivity contribution in [1.29, 1.82) is 0 Å². The van der Waals surface area contributed by atoms with Crippen LogP contribution in [-0.2, 0) is 10.3 Å². The first-order valence-electron chi connectivity index (χ1n) is 13.2. The number of hydrogen-bond acceptors (Lipinski definition) is 4. The number of rotatable bonds is 7. The van der Waals surface area contributed by atoms with Crippen LogP contribution in [0, 0.1) is 6.92 Å². The van der Waals surface area contributed by atoms with Gasteiger partial charge in [-0.1, -0.05) is 74.7 Å². The number of aryl methyl sites for hydroxylation is 1. The molecule has 0 saturated carbocycles. The summed E-state index contributed by atoms with van der Waals surface area (Å²) in [6.45, 7) is 4.99. The first-order valence-corrected chi connectivity index (χ1v) is 13.2. The summed E-state index contributed by atoms with van der Waals surface area (Å²) in [6.07, 6.45) is 4.67. The van der Waals surface area contributed by atoms with E-state index in [0.717, 1.165) is 57.2 Å². The fourth-order valence-corrected chi connectivity index (χ4v) is 5.26. The van der Waals surface area contributed by atoms with E-state index in [4.69, 9.17) is 19.2 Å². The molecule has 1 atom stereocenters. The summed E-state index contributed by atoms with van der Waals surface area (Å²) in [6, 6.07) is 30.8. The van der Waals surface area contributed by atoms with Gasteiger partial charge in [0.25, 0.3) is 0 Å². The third-order valence-electron chi connectivity index (χ3n) is 7.11. The zero-order valence-electron chi connectivity index (χ0n) is 21.4. The number of nitrogens with zero attached hydrogens (tertiary/aromatic N) is 1. The van der Waals surface area contributed by atoms with Crippen LogP contribution in [0.25, 0.3) is 0 Å². The van der Waals surface area contributed by atoms with Crippen molar-refractivity contribution in [3.63, 3.8) is 0 Å². The van der Waals surface area contributed by atoms with Crippen LogP contribution in [0.4, 0.5) is 5.69 Å². The van der Waals surface area contributed by atoms with Crippen molar-refractivity contribution < 1.29 is 14.2 Å². The van der Waals surface area contributed by atoms with E-state index in [1.165, 1.54) is 19.3 Å². The molecule has 0 aliphatic carbocycles. The average molecular weight is 490 g/mol. The summed E-state index contributed by atoms with van der Waals surface area (Å²) < 4.78 is 19.7. The van der Waals surface area contributed by atoms with Crippen molar-refractivity contribution >= 4 is 11.6 Å². The molecule has 4 aromatic carbocycles. The molecule has 4 heteroatoms. The second kappa shape index (κ2) is 9.78. The smallest absolute Gasteiger partial charge is 0.222 e. The third kappa shape index (κ3) is 4.17. The molecule has 1 unspecified atom stereocenters. The van der Waals surface area contributed by atoms with E-state index in [1.54, 1.807) is 0 Å². The van der Waals surface area contributed by atoms with Crippen LogP contribution in [-0.4, -0.2) is 12.5 Å². The van der Waals surface area contributed by atoms with Crippen molar-refractivity contribution in [2.24, 2.45) is 4.99 Å². The zero-order valence-corrected chi connectivity index (χ0v) is 21.4. The van der Waals surface area contributed by atoms with Gasteiger partial charge in [-0.25, -0.2) is 4.99 Å². The Morgan fingerprint density at radius 1 is 0.757 bits per heavy atom. The number of aliphatic imine (C=N–C) groups is 1. The molecule has 4 nitrogen and oxygen atoms in total. The summed E-state index contributed by atoms with van der Waals surface area (Å²) in [5, 5.41) is 0. The lowest BCUT2D eigenvalue weighted by atomic mass is 9.76. The Morgan fingerprint density at radius 3 is 2.35 bits per heavy atom. The maximum atomic E-state index is 7.01. The highest BCUT2D eigenvalue weighted by Crippen LogP contribution is 2.56. The molecule has 0 amide bonds. The van der Waals surface area contributed by atoms with Gasteiger partial charge < -0.3 is 14.2 Å². The van der Waals surface area contributed by atoms with E-state index in [9.17, 15) is 0 Å². The summed E-state index contributed by atoms with van der Waals surface area (Å²) in [7, 11) is 0. The van der Waals surface area contributed by atoms with Crippen molar-refractivity contribution in [1.82, 2.24) is 0 Å². The molecule has 37 heavy (non-hydrogen) atoms. The van der Waals surface area contributed by atoms with E-state index < -0.39 is 5.60 Å². The van der Waals surface area contributed by atoms with Crippen LogP contribution < -0.4 is 9.47 Å². The Bertz CT molecular complexity index is 1460. The molecule has 4 aromatic rings. The standard InChI is InChI=1S/C33H31NO3/c1-3-4-5-11-20-35-25-17-19-28-31(22-25)36-30-21-23(2)16-18-27(30)33(28)26-14-9-10-15-29(26)34-32(37-33)24-12-7-6-8-13-24/h6-10,12-19,21-22H,3-5,11,20H2,1-2H3. The maximum Gasteiger partial charge on any atom is 0.222 e. The molecule has 0 aromatic heterocycles. The van der Waals surface area contributed by atoms with Gasteiger partial charge in [-0.3, -0.25) is 0 Å². The van der Waals surface area contributed by atoms with E-state index in [2.05, 4.69) is 50.2 Å². The first-order chi connectivity index (χ1) is 18.2. The fourth-order valence-electron chi connectivity index (χ4n) is 5.26. The van der Waals surface area contributed by atoms with Gasteiger partial charge in [-0.15, -0.1) is 0 Å². The summed E-state index contributed by atoms with van der Waals surface area (Å²) in [5.41, 5.74) is 4.96. The predicted octanol–water partition coefficient (Wildman–Crippen LogP) is 8.46. The highest BCUT2D eigenvalue weighted by atomic mass is 16.5. The quantitative estimate of drug-likeness (QED) is 0.244. The van der Waals surface area contributed by atoms with Crippen LogP contribution in [0.5, 0.6) is 17.2 Å². The minimum atomic E-state index is -0.903. The molecule has 0 radical (unpaired) electrons. The molecular weight excluding hydrogens is 458 g/mol. The number of para-hydroxylation sites is 1. The van der Waals surface area contributed by atoms with E-state index in [0.29, 0.717) is 12.5 Å². The molecule has 6 rings (SSSR count). The van der Waals surface area contributed by atoms with Crippen molar-refractivity contribution in [2.75, 3.05) is 6.61 Å². The minimum Gasteiger partial charge on any atom is -0.493 e. The van der Waals surface area contributed by atoms with Crippen LogP contribution in [0.3, 0.4) is 0 Å². The van der Waals surface area contributed by atoms with Crippen LogP contribution in [0.2, 0.25) is 0 Å². The lowest BCUT2D eigenvalue weighted by Gasteiger charge is -2.43. The highest BCUT2D eigenvalue weighted by Gasteiger charge is 2.50. The molecule has 1 spiro atoms. The summed E-state index contributed by atoms with van der Waals surface area (Å²) in [4.78, 5) is 4.94. The van der Waals surface area contributed by atoms with Gasteiger partial charge >= 0.3 is 0 Å². The molecule has 0 bridgehead atoms. The molecule has 2 aliphatic heterocycles. The van der Waals surface area contributed by atoms with Gasteiger partial charge in [-0.05, 0) is 55.3 Å². The van der Waals surface area contributed by atoms with E-state index in [1.807, 2.05) is 54.6 Å². The van der Waals surface area contributed by atoms with Gasteiger partial charge in [0.15, 0.2) is 5.60 Å². The summed E-state index contributed by atoms with van der Waals surface area (Å²) >= 11 is 0. The van der Waals surface area contributed by atoms with E-state index in [-0.39, 0.29) is 0 Å². The largest absolute Gasteiger partial charge is 0.493 e. The Labute approximate surface area is 218 Å². The molecular formula is C33H31NO3. The number of benzene rings is 4. The molecule has 2 aliphatic rings. The van der Waals surface area contributed by atoms with Gasteiger partial charge in [0.2, 0.25) is 5.90 Å². The Kier molecular flexibility index (Phi) is 6.17. The predicted molar refractivity (Wildman–Crippen MR) is 147 cm³/mol. The Hall–Kier alpha value is -4.05. The van der Waals surface area contributed by atoms with Crippen molar-refractivity contribution in [3.8, 4) is 17.2 Å². The van der Waals surface area contributed by atoms with Crippen LogP contribution in [0.1, 0.15) is 60.4 Å². The minimum absolute atomic E-state index is 0.593. The number of fused-ring (bicyclic) bond motifs is 6. The first kappa shape index (κ1) is 23.4. The maximum absolute atomic E-state index is 7.01. The van der Waals surface area contributed by atoms with Crippen LogP contribution >= 0.6 is 0 Å². The lowest BCUT2D eigenvalue weighted by Crippen LogP contribution is -2.40. The average Bonchev–Trinajstić information content (AvgIpc) is 2.93. The number of hydrogen-bond donors (Lipinski definition) is 0. The molecule has 0 N–H and O–H groups in total. The molecule has 186 valence electrons. The highest BCUT2D eigenvalue weighted by molar-refractivity contribution is 5.98. The zero-order chi connectivity index (χ0) is 25.2. The Balaban J connectivity index is 1.50. The van der Waals surface area contributed by atoms with Crippen molar-refractivity contribution in [2.45, 2.75) is 45.1 Å². The second-order valence-corrected chi connectivity index (χ2v) is 9.75. The summed E-state index contributed by atoms with van der Waals surface area (Å²) in [5.74, 6) is 2.93. The third-order valence-corrected chi connectivity index (χ3v) is 7.11. The monoisotopic (exact) mass is 489 g/mol. The lowest BCUT2D eigenvalue weighted by molar-refractivity contribution is 0.124. The van der Waals surface area contributed by atoms with Crippen molar-refractivity contribution in [3.05, 3.63) is 119 Å². The van der Waals surface area contributed by atoms with Gasteiger partial charge in [-0.2, -0.15) is 0 Å². The number of unbranched alkanes of at least 4 members (excludes halogenated alkanes) is 3. The van der Waals surface area contributed by atoms with Gasteiger partial charge in [0.05, 0.1) is 12.3 Å². The molecule has 0 saturated heterocycles. The SMILES string of the molecule is CCCCCCOc1ccc2c(c1)Oc1cc(C)ccc1C21OC(c2ccccc2)=Nc2ccccc21. The van der Waals surface area contributed by atoms with Crippen LogP contribution in [0.15, 0.2) is 96.0 Å². The topological polar surface area (TPSA) is 40.0 Å². The second-order valence-electron chi connectivity index (χ2n) is 9.75. The normalized spacial score (nSPS) is 17.1. The van der Waals surface area contributed by atoms with E-state index >= 15 is 0 Å². The molecule has 0 fully saturated rings. The molecule has 2 heterocycles. The van der Waals surface area contributed by atoms with Gasteiger partial charge in [0.1, 0.15) is 17.2 Å².